The van der Waals surface area contributed by atoms with E-state index in [4.69, 9.17) is 10.5 Å². The Morgan fingerprint density at radius 2 is 1.55 bits per heavy atom. The van der Waals surface area contributed by atoms with Crippen molar-refractivity contribution in [1.29, 1.82) is 0 Å². The summed E-state index contributed by atoms with van der Waals surface area (Å²) in [4.78, 5) is 46.2. The van der Waals surface area contributed by atoms with E-state index in [2.05, 4.69) is 5.32 Å². The van der Waals surface area contributed by atoms with Gasteiger partial charge in [0, 0.05) is 55.6 Å². The highest BCUT2D eigenvalue weighted by atomic mass is 32.1. The summed E-state index contributed by atoms with van der Waals surface area (Å²) in [6, 6.07) is 0.672. The molecule has 0 bridgehead atoms. The van der Waals surface area contributed by atoms with E-state index in [9.17, 15) is 40.7 Å². The van der Waals surface area contributed by atoms with E-state index in [1.165, 1.54) is 21.1 Å². The van der Waals surface area contributed by atoms with Crippen LogP contribution in [0.25, 0.3) is 0 Å². The van der Waals surface area contributed by atoms with Gasteiger partial charge in [0.1, 0.15) is 0 Å². The molecule has 10 nitrogen and oxygen atoms in total. The molecular formula is C30H36F6N6O4S. The lowest BCUT2D eigenvalue weighted by Crippen LogP contribution is -2.52. The van der Waals surface area contributed by atoms with Crippen LogP contribution in [0.4, 0.5) is 47.3 Å². The van der Waals surface area contributed by atoms with Gasteiger partial charge in [-0.15, -0.1) is 11.3 Å². The molecule has 0 saturated carbocycles. The zero-order chi connectivity index (χ0) is 34.3. The normalized spacial score (nSPS) is 19.1. The van der Waals surface area contributed by atoms with Crippen LogP contribution in [0.3, 0.4) is 0 Å². The summed E-state index contributed by atoms with van der Waals surface area (Å²) < 4.78 is 88.0. The minimum absolute atomic E-state index is 0.164. The van der Waals surface area contributed by atoms with Crippen LogP contribution >= 0.6 is 11.3 Å². The zero-order valence-corrected chi connectivity index (χ0v) is 26.6. The van der Waals surface area contributed by atoms with E-state index in [-0.39, 0.29) is 44.3 Å². The molecule has 3 aliphatic rings. The SMILES string of the molecule is CN(C)C1CCN(C(=O)[C@@H](Cc2cc(C(F)(F)F)c(N)c(C(F)(F)F)c2)OC(=O)N2CCC(N3Cc4cscc4NC3=O)CC2)CC1. The standard InChI is InChI=1S/C30H36F6N6O4S/c1-39(2)19-3-7-40(8-4-19)26(43)24(13-17-11-21(29(31,32)33)25(37)22(12-17)30(34,35)36)46-28(45)41-9-5-20(6-10-41)42-14-18-15-47-16-23(18)38-27(42)44/h11-12,15-16,19-20,24H,3-10,13-14,37H2,1-2H3,(H,38,44)/t24-/m1/s1. The van der Waals surface area contributed by atoms with Crippen LogP contribution in [-0.4, -0.2) is 96.1 Å². The number of anilines is 2. The number of nitrogens with two attached hydrogens (primary N) is 1. The quantitative estimate of drug-likeness (QED) is 0.307. The van der Waals surface area contributed by atoms with Crippen LogP contribution in [0.5, 0.6) is 0 Å². The molecule has 1 aromatic heterocycles. The Balaban J connectivity index is 1.33. The molecule has 17 heteroatoms. The summed E-state index contributed by atoms with van der Waals surface area (Å²) in [6.45, 7) is 1.29. The largest absolute Gasteiger partial charge is 0.436 e. The highest BCUT2D eigenvalue weighted by Crippen LogP contribution is 2.42. The minimum Gasteiger partial charge on any atom is -0.436 e. The van der Waals surface area contributed by atoms with Crippen LogP contribution in [0, 0.1) is 0 Å². The highest BCUT2D eigenvalue weighted by Gasteiger charge is 2.42. The maximum Gasteiger partial charge on any atom is 0.418 e. The first-order valence-electron chi connectivity index (χ1n) is 15.1. The number of nitrogens with zero attached hydrogens (tertiary/aromatic N) is 4. The Labute approximate surface area is 271 Å². The number of likely N-dealkylation sites (tertiary alicyclic amines) is 2. The number of alkyl halides is 6. The van der Waals surface area contributed by atoms with Gasteiger partial charge in [-0.3, -0.25) is 4.79 Å². The average molecular weight is 691 g/mol. The van der Waals surface area contributed by atoms with Crippen molar-refractivity contribution in [3.8, 4) is 0 Å². The zero-order valence-electron chi connectivity index (χ0n) is 25.8. The fourth-order valence-electron chi connectivity index (χ4n) is 6.35. The van der Waals surface area contributed by atoms with Crippen molar-refractivity contribution >= 4 is 40.7 Å². The van der Waals surface area contributed by atoms with E-state index in [1.807, 2.05) is 29.8 Å². The molecule has 258 valence electrons. The summed E-state index contributed by atoms with van der Waals surface area (Å²) in [7, 11) is 3.79. The van der Waals surface area contributed by atoms with Gasteiger partial charge in [-0.2, -0.15) is 26.3 Å². The number of fused-ring (bicyclic) bond motifs is 1. The minimum atomic E-state index is -5.20. The fourth-order valence-corrected chi connectivity index (χ4v) is 7.13. The lowest BCUT2D eigenvalue weighted by Gasteiger charge is -2.40. The number of hydrogen-bond acceptors (Lipinski definition) is 7. The number of carbonyl (C=O) groups excluding carboxylic acids is 3. The summed E-state index contributed by atoms with van der Waals surface area (Å²) in [5.41, 5.74) is 1.70. The molecule has 0 radical (unpaired) electrons. The van der Waals surface area contributed by atoms with Gasteiger partial charge >= 0.3 is 24.5 Å². The Morgan fingerprint density at radius 1 is 0.979 bits per heavy atom. The van der Waals surface area contributed by atoms with E-state index in [0.717, 1.165) is 11.3 Å². The molecule has 4 amide bonds. The van der Waals surface area contributed by atoms with E-state index >= 15 is 0 Å². The number of ether oxygens (including phenoxy) is 1. The molecule has 2 fully saturated rings. The molecule has 2 aromatic rings. The number of hydrogen-bond donors (Lipinski definition) is 2. The second-order valence-corrected chi connectivity index (χ2v) is 13.0. The van der Waals surface area contributed by atoms with Crippen LogP contribution in [0.1, 0.15) is 47.9 Å². The second kappa shape index (κ2) is 13.4. The van der Waals surface area contributed by atoms with Crippen molar-refractivity contribution in [1.82, 2.24) is 19.6 Å². The van der Waals surface area contributed by atoms with Gasteiger partial charge in [0.05, 0.1) is 29.0 Å². The third-order valence-electron chi connectivity index (χ3n) is 9.05. The summed E-state index contributed by atoms with van der Waals surface area (Å²) in [5.74, 6) is -0.707. The fraction of sp³-hybridized carbons (Fsp3) is 0.567. The third-order valence-corrected chi connectivity index (χ3v) is 9.84. The number of piperidine rings is 2. The van der Waals surface area contributed by atoms with Crippen LogP contribution < -0.4 is 11.1 Å². The molecule has 0 unspecified atom stereocenters. The number of urea groups is 1. The van der Waals surface area contributed by atoms with Crippen LogP contribution in [0.2, 0.25) is 0 Å². The van der Waals surface area contributed by atoms with Gasteiger partial charge in [-0.05, 0) is 62.9 Å². The van der Waals surface area contributed by atoms with Crippen molar-refractivity contribution in [3.63, 3.8) is 0 Å². The van der Waals surface area contributed by atoms with E-state index in [0.29, 0.717) is 44.4 Å². The number of nitrogens with one attached hydrogen (secondary N) is 1. The summed E-state index contributed by atoms with van der Waals surface area (Å²) in [5, 5.41) is 6.65. The molecule has 3 N–H and O–H groups in total. The van der Waals surface area contributed by atoms with Gasteiger partial charge in [-0.25, -0.2) is 9.59 Å². The monoisotopic (exact) mass is 690 g/mol. The van der Waals surface area contributed by atoms with Gasteiger partial charge in [0.2, 0.25) is 0 Å². The highest BCUT2D eigenvalue weighted by molar-refractivity contribution is 7.08. The Morgan fingerprint density at radius 3 is 2.11 bits per heavy atom. The summed E-state index contributed by atoms with van der Waals surface area (Å²) in [6.07, 6.45) is -11.8. The molecule has 0 spiro atoms. The number of nitrogen functional groups attached to an aromatic ring is 1. The van der Waals surface area contributed by atoms with Gasteiger partial charge in [-0.1, -0.05) is 0 Å². The topological polar surface area (TPSA) is 111 Å². The molecule has 0 aliphatic carbocycles. The lowest BCUT2D eigenvalue weighted by atomic mass is 9.97. The lowest BCUT2D eigenvalue weighted by molar-refractivity contribution is -0.142. The maximum atomic E-state index is 13.7. The number of thiophene rings is 1. The molecule has 4 heterocycles. The first kappa shape index (κ1) is 34.6. The van der Waals surface area contributed by atoms with Gasteiger partial charge in [0.15, 0.2) is 6.10 Å². The molecule has 47 heavy (non-hydrogen) atoms. The van der Waals surface area contributed by atoms with Gasteiger partial charge < -0.3 is 35.4 Å². The van der Waals surface area contributed by atoms with E-state index in [1.54, 1.807) is 4.90 Å². The van der Waals surface area contributed by atoms with Crippen molar-refractivity contribution in [3.05, 3.63) is 45.1 Å². The smallest absolute Gasteiger partial charge is 0.418 e. The Kier molecular flexibility index (Phi) is 9.87. The van der Waals surface area contributed by atoms with Crippen molar-refractivity contribution < 1.29 is 45.5 Å². The Hall–Kier alpha value is -3.73. The molecule has 1 atom stereocenters. The number of carbonyl (C=O) groups is 3. The number of halogens is 6. The Bertz CT molecular complexity index is 1450. The average Bonchev–Trinajstić information content (AvgIpc) is 3.47. The first-order valence-corrected chi connectivity index (χ1v) is 16.1. The van der Waals surface area contributed by atoms with Crippen LogP contribution in [0.15, 0.2) is 22.9 Å². The summed E-state index contributed by atoms with van der Waals surface area (Å²) >= 11 is 1.47. The van der Waals surface area contributed by atoms with E-state index < -0.39 is 59.3 Å². The van der Waals surface area contributed by atoms with Crippen molar-refractivity contribution in [2.24, 2.45) is 0 Å². The van der Waals surface area contributed by atoms with Crippen molar-refractivity contribution in [2.75, 3.05) is 51.3 Å². The van der Waals surface area contributed by atoms with Gasteiger partial charge in [0.25, 0.3) is 5.91 Å². The first-order chi connectivity index (χ1) is 22.0. The molecule has 5 rings (SSSR count). The molecule has 1 aromatic carbocycles. The number of benzene rings is 1. The molecule has 3 aliphatic heterocycles. The number of rotatable bonds is 6. The predicted octanol–water partition coefficient (Wildman–Crippen LogP) is 5.48. The second-order valence-electron chi connectivity index (χ2n) is 12.3. The molecule has 2 saturated heterocycles. The maximum absolute atomic E-state index is 13.7. The third kappa shape index (κ3) is 7.71. The van der Waals surface area contributed by atoms with Crippen molar-refractivity contribution in [2.45, 2.75) is 69.2 Å². The molecular weight excluding hydrogens is 654 g/mol. The number of amides is 4. The van der Waals surface area contributed by atoms with Crippen LogP contribution in [-0.2, 0) is 34.8 Å². The predicted molar refractivity (Wildman–Crippen MR) is 162 cm³/mol.